The summed E-state index contributed by atoms with van der Waals surface area (Å²) in [5, 5.41) is 17.8. The summed E-state index contributed by atoms with van der Waals surface area (Å²) in [6.07, 6.45) is 0. The van der Waals surface area contributed by atoms with E-state index in [1.807, 2.05) is 6.07 Å². The SMILES string of the molecule is COc1cc(C(=O)Oc2ccc(C#N)cc2)ccc1CO. The molecule has 0 unspecified atom stereocenters. The van der Waals surface area contributed by atoms with Gasteiger partial charge in [-0.15, -0.1) is 0 Å². The van der Waals surface area contributed by atoms with E-state index in [1.54, 1.807) is 36.4 Å². The molecule has 1 N–H and O–H groups in total. The molecule has 5 nitrogen and oxygen atoms in total. The van der Waals surface area contributed by atoms with Gasteiger partial charge in [-0.3, -0.25) is 0 Å². The Labute approximate surface area is 122 Å². The van der Waals surface area contributed by atoms with E-state index in [9.17, 15) is 4.79 Å². The molecule has 106 valence electrons. The van der Waals surface area contributed by atoms with Crippen molar-refractivity contribution < 1.29 is 19.4 Å². The lowest BCUT2D eigenvalue weighted by Gasteiger charge is -2.09. The third kappa shape index (κ3) is 3.38. The predicted octanol–water partition coefficient (Wildman–Crippen LogP) is 2.28. The molecule has 0 spiro atoms. The Morgan fingerprint density at radius 3 is 2.52 bits per heavy atom. The number of nitriles is 1. The van der Waals surface area contributed by atoms with Crippen molar-refractivity contribution in [2.75, 3.05) is 7.11 Å². The standard InChI is InChI=1S/C16H13NO4/c1-20-15-8-12(4-5-13(15)10-18)16(19)21-14-6-2-11(9-17)3-7-14/h2-8,18H,10H2,1H3. The third-order valence-corrected chi connectivity index (χ3v) is 2.89. The maximum Gasteiger partial charge on any atom is 0.343 e. The number of ether oxygens (including phenoxy) is 2. The van der Waals surface area contributed by atoms with E-state index in [0.717, 1.165) is 0 Å². The molecule has 2 aromatic rings. The van der Waals surface area contributed by atoms with Gasteiger partial charge in [0.1, 0.15) is 11.5 Å². The van der Waals surface area contributed by atoms with Crippen molar-refractivity contribution >= 4 is 5.97 Å². The van der Waals surface area contributed by atoms with Crippen molar-refractivity contribution in [2.45, 2.75) is 6.61 Å². The topological polar surface area (TPSA) is 79.5 Å². The number of carbonyl (C=O) groups is 1. The predicted molar refractivity (Wildman–Crippen MR) is 75.0 cm³/mol. The van der Waals surface area contributed by atoms with E-state index >= 15 is 0 Å². The normalized spacial score (nSPS) is 9.76. The fourth-order valence-electron chi connectivity index (χ4n) is 1.77. The lowest BCUT2D eigenvalue weighted by Crippen LogP contribution is -2.09. The summed E-state index contributed by atoms with van der Waals surface area (Å²) < 4.78 is 10.3. The minimum atomic E-state index is -0.539. The molecule has 0 fully saturated rings. The Bertz CT molecular complexity index is 686. The molecule has 0 saturated carbocycles. The zero-order chi connectivity index (χ0) is 15.2. The molecule has 0 heterocycles. The van der Waals surface area contributed by atoms with Crippen LogP contribution in [-0.4, -0.2) is 18.2 Å². The zero-order valence-electron chi connectivity index (χ0n) is 11.4. The molecular formula is C16H13NO4. The lowest BCUT2D eigenvalue weighted by atomic mass is 10.1. The minimum Gasteiger partial charge on any atom is -0.496 e. The molecule has 2 aromatic carbocycles. The van der Waals surface area contributed by atoms with E-state index in [0.29, 0.717) is 28.2 Å². The lowest BCUT2D eigenvalue weighted by molar-refractivity contribution is 0.0734. The summed E-state index contributed by atoms with van der Waals surface area (Å²) in [6, 6.07) is 12.9. The fourth-order valence-corrected chi connectivity index (χ4v) is 1.77. The molecule has 0 atom stereocenters. The first-order chi connectivity index (χ1) is 10.2. The fraction of sp³-hybridized carbons (Fsp3) is 0.125. The van der Waals surface area contributed by atoms with Crippen LogP contribution in [0.2, 0.25) is 0 Å². The summed E-state index contributed by atoms with van der Waals surface area (Å²) in [5.74, 6) is 0.235. The molecular weight excluding hydrogens is 270 g/mol. The van der Waals surface area contributed by atoms with Crippen LogP contribution in [0.25, 0.3) is 0 Å². The van der Waals surface area contributed by atoms with Crippen LogP contribution < -0.4 is 9.47 Å². The molecule has 0 aliphatic carbocycles. The summed E-state index contributed by atoms with van der Waals surface area (Å²) >= 11 is 0. The van der Waals surface area contributed by atoms with E-state index in [1.165, 1.54) is 13.2 Å². The molecule has 0 aliphatic rings. The Morgan fingerprint density at radius 2 is 1.95 bits per heavy atom. The van der Waals surface area contributed by atoms with Crippen molar-refractivity contribution in [1.82, 2.24) is 0 Å². The largest absolute Gasteiger partial charge is 0.496 e. The van der Waals surface area contributed by atoms with Gasteiger partial charge in [0.2, 0.25) is 0 Å². The van der Waals surface area contributed by atoms with Gasteiger partial charge in [0.25, 0.3) is 0 Å². The van der Waals surface area contributed by atoms with Crippen LogP contribution in [0.1, 0.15) is 21.5 Å². The van der Waals surface area contributed by atoms with Crippen LogP contribution in [0.15, 0.2) is 42.5 Å². The van der Waals surface area contributed by atoms with Gasteiger partial charge in [-0.1, -0.05) is 6.07 Å². The number of aliphatic hydroxyl groups is 1. The number of benzene rings is 2. The first kappa shape index (κ1) is 14.6. The van der Waals surface area contributed by atoms with Crippen molar-refractivity contribution in [2.24, 2.45) is 0 Å². The zero-order valence-corrected chi connectivity index (χ0v) is 11.4. The highest BCUT2D eigenvalue weighted by Crippen LogP contribution is 2.21. The van der Waals surface area contributed by atoms with Crippen LogP contribution >= 0.6 is 0 Å². The van der Waals surface area contributed by atoms with Gasteiger partial charge in [-0.05, 0) is 36.4 Å². The average molecular weight is 283 g/mol. The van der Waals surface area contributed by atoms with Crippen LogP contribution in [0.3, 0.4) is 0 Å². The first-order valence-electron chi connectivity index (χ1n) is 6.18. The summed E-state index contributed by atoms with van der Waals surface area (Å²) in [7, 11) is 1.46. The number of nitrogens with zero attached hydrogens (tertiary/aromatic N) is 1. The van der Waals surface area contributed by atoms with Crippen LogP contribution in [0, 0.1) is 11.3 Å². The number of hydrogen-bond donors (Lipinski definition) is 1. The van der Waals surface area contributed by atoms with Crippen LogP contribution in [0.5, 0.6) is 11.5 Å². The quantitative estimate of drug-likeness (QED) is 0.688. The summed E-state index contributed by atoms with van der Waals surface area (Å²) in [6.45, 7) is -0.172. The maximum atomic E-state index is 12.0. The van der Waals surface area contributed by atoms with E-state index in [4.69, 9.17) is 19.8 Å². The Balaban J connectivity index is 2.18. The second-order valence-electron chi connectivity index (χ2n) is 4.21. The maximum absolute atomic E-state index is 12.0. The smallest absolute Gasteiger partial charge is 0.343 e. The highest BCUT2D eigenvalue weighted by Gasteiger charge is 2.12. The molecule has 2 rings (SSSR count). The van der Waals surface area contributed by atoms with Gasteiger partial charge in [-0.25, -0.2) is 4.79 Å². The monoisotopic (exact) mass is 283 g/mol. The number of hydrogen-bond acceptors (Lipinski definition) is 5. The highest BCUT2D eigenvalue weighted by atomic mass is 16.5. The molecule has 0 aromatic heterocycles. The summed E-state index contributed by atoms with van der Waals surface area (Å²) in [4.78, 5) is 12.0. The van der Waals surface area contributed by atoms with Crippen molar-refractivity contribution in [3.63, 3.8) is 0 Å². The number of esters is 1. The molecule has 0 saturated heterocycles. The van der Waals surface area contributed by atoms with Gasteiger partial charge < -0.3 is 14.6 Å². The Morgan fingerprint density at radius 1 is 1.24 bits per heavy atom. The molecule has 0 bridgehead atoms. The van der Waals surface area contributed by atoms with Crippen molar-refractivity contribution in [3.05, 3.63) is 59.2 Å². The Kier molecular flexibility index (Phi) is 4.54. The molecule has 0 amide bonds. The van der Waals surface area contributed by atoms with Crippen LogP contribution in [-0.2, 0) is 6.61 Å². The Hall–Kier alpha value is -2.84. The summed E-state index contributed by atoms with van der Waals surface area (Å²) in [5.41, 5.74) is 1.39. The van der Waals surface area contributed by atoms with E-state index in [-0.39, 0.29) is 6.61 Å². The van der Waals surface area contributed by atoms with Gasteiger partial charge in [0.15, 0.2) is 0 Å². The van der Waals surface area contributed by atoms with Gasteiger partial charge >= 0.3 is 5.97 Å². The number of methoxy groups -OCH3 is 1. The first-order valence-corrected chi connectivity index (χ1v) is 6.18. The van der Waals surface area contributed by atoms with Crippen molar-refractivity contribution in [3.8, 4) is 17.6 Å². The van der Waals surface area contributed by atoms with E-state index < -0.39 is 5.97 Å². The van der Waals surface area contributed by atoms with Gasteiger partial charge in [0, 0.05) is 5.56 Å². The number of rotatable bonds is 4. The van der Waals surface area contributed by atoms with Crippen molar-refractivity contribution in [1.29, 1.82) is 5.26 Å². The molecule has 21 heavy (non-hydrogen) atoms. The second kappa shape index (κ2) is 6.55. The molecule has 0 aliphatic heterocycles. The van der Waals surface area contributed by atoms with Gasteiger partial charge in [-0.2, -0.15) is 5.26 Å². The van der Waals surface area contributed by atoms with Gasteiger partial charge in [0.05, 0.1) is 30.9 Å². The average Bonchev–Trinajstić information content (AvgIpc) is 2.54. The number of aliphatic hydroxyl groups excluding tert-OH is 1. The number of carbonyl (C=O) groups excluding carboxylic acids is 1. The van der Waals surface area contributed by atoms with Crippen LogP contribution in [0.4, 0.5) is 0 Å². The minimum absolute atomic E-state index is 0.172. The second-order valence-corrected chi connectivity index (χ2v) is 4.21. The molecule has 5 heteroatoms. The molecule has 0 radical (unpaired) electrons. The highest BCUT2D eigenvalue weighted by molar-refractivity contribution is 5.91. The van der Waals surface area contributed by atoms with E-state index in [2.05, 4.69) is 0 Å². The third-order valence-electron chi connectivity index (χ3n) is 2.89.